The van der Waals surface area contributed by atoms with Crippen molar-refractivity contribution in [3.63, 3.8) is 0 Å². The molecule has 1 aliphatic carbocycles. The van der Waals surface area contributed by atoms with E-state index in [1.807, 2.05) is 0 Å². The summed E-state index contributed by atoms with van der Waals surface area (Å²) in [7, 11) is 0. The average Bonchev–Trinajstić information content (AvgIpc) is 2.99. The summed E-state index contributed by atoms with van der Waals surface area (Å²) in [5.74, 6) is 1.13. The second-order valence-corrected chi connectivity index (χ2v) is 7.01. The van der Waals surface area contributed by atoms with Gasteiger partial charge in [0.1, 0.15) is 0 Å². The normalized spacial score (nSPS) is 17.3. The minimum atomic E-state index is 0.529. The van der Waals surface area contributed by atoms with Gasteiger partial charge in [-0.15, -0.1) is 0 Å². The zero-order valence-corrected chi connectivity index (χ0v) is 14.2. The van der Waals surface area contributed by atoms with Crippen molar-refractivity contribution in [2.75, 3.05) is 6.54 Å². The molecule has 1 aromatic carbocycles. The topological polar surface area (TPSA) is 43.8 Å². The van der Waals surface area contributed by atoms with Crippen LogP contribution >= 0.6 is 0 Å². The van der Waals surface area contributed by atoms with E-state index < -0.39 is 0 Å². The second kappa shape index (κ2) is 5.88. The van der Waals surface area contributed by atoms with Crippen LogP contribution in [0.15, 0.2) is 18.2 Å². The van der Waals surface area contributed by atoms with Crippen LogP contribution in [0.5, 0.6) is 0 Å². The third-order valence-electron chi connectivity index (χ3n) is 4.84. The van der Waals surface area contributed by atoms with E-state index in [9.17, 15) is 0 Å². The summed E-state index contributed by atoms with van der Waals surface area (Å²) in [5.41, 5.74) is 13.9. The van der Waals surface area contributed by atoms with Gasteiger partial charge in [0.25, 0.3) is 0 Å². The van der Waals surface area contributed by atoms with E-state index in [-0.39, 0.29) is 0 Å². The highest BCUT2D eigenvalue weighted by atomic mass is 15.3. The first kappa shape index (κ1) is 15.3. The Morgan fingerprint density at radius 2 is 2.09 bits per heavy atom. The molecule has 0 spiro atoms. The number of hydrogen-bond donors (Lipinski definition) is 1. The van der Waals surface area contributed by atoms with Crippen LogP contribution in [-0.2, 0) is 13.0 Å². The lowest BCUT2D eigenvalue weighted by molar-refractivity contribution is 0.473. The fraction of sp³-hybridized carbons (Fsp3) is 0.526. The summed E-state index contributed by atoms with van der Waals surface area (Å²) >= 11 is 0. The van der Waals surface area contributed by atoms with E-state index in [1.54, 1.807) is 0 Å². The maximum absolute atomic E-state index is 5.94. The summed E-state index contributed by atoms with van der Waals surface area (Å²) in [6.45, 7) is 10.5. The van der Waals surface area contributed by atoms with Gasteiger partial charge in [0.15, 0.2) is 0 Å². The smallest absolute Gasteiger partial charge is 0.0674 e. The molecule has 0 fully saturated rings. The molecule has 1 aliphatic rings. The average molecular weight is 297 g/mol. The molecule has 0 aliphatic heterocycles. The van der Waals surface area contributed by atoms with Crippen molar-refractivity contribution in [1.82, 2.24) is 9.78 Å². The third kappa shape index (κ3) is 2.58. The van der Waals surface area contributed by atoms with Gasteiger partial charge in [-0.25, -0.2) is 0 Å². The Bertz CT molecular complexity index is 682. The fourth-order valence-electron chi connectivity index (χ4n) is 3.73. The molecular formula is C19H27N3. The Kier molecular flexibility index (Phi) is 4.09. The number of fused-ring (bicyclic) bond motifs is 1. The van der Waals surface area contributed by atoms with Crippen molar-refractivity contribution in [2.45, 2.75) is 53.0 Å². The van der Waals surface area contributed by atoms with E-state index >= 15 is 0 Å². The van der Waals surface area contributed by atoms with Gasteiger partial charge < -0.3 is 5.73 Å². The Morgan fingerprint density at radius 3 is 2.77 bits per heavy atom. The van der Waals surface area contributed by atoms with Crippen LogP contribution in [0, 0.1) is 19.8 Å². The maximum Gasteiger partial charge on any atom is 0.0674 e. The number of nitrogens with zero attached hydrogens (tertiary/aromatic N) is 2. The van der Waals surface area contributed by atoms with Crippen LogP contribution in [0.25, 0.3) is 11.1 Å². The molecule has 3 nitrogen and oxygen atoms in total. The molecule has 118 valence electrons. The number of rotatable bonds is 4. The van der Waals surface area contributed by atoms with Crippen molar-refractivity contribution in [1.29, 1.82) is 0 Å². The lowest BCUT2D eigenvalue weighted by Gasteiger charge is -2.11. The Hall–Kier alpha value is -1.61. The molecule has 0 saturated heterocycles. The van der Waals surface area contributed by atoms with Crippen molar-refractivity contribution in [3.8, 4) is 11.1 Å². The first-order chi connectivity index (χ1) is 10.5. The van der Waals surface area contributed by atoms with E-state index in [0.29, 0.717) is 11.8 Å². The monoisotopic (exact) mass is 297 g/mol. The molecule has 0 bridgehead atoms. The van der Waals surface area contributed by atoms with Gasteiger partial charge in [0.05, 0.1) is 5.69 Å². The molecule has 0 radical (unpaired) electrons. The standard InChI is InChI=1S/C19H27N3/c1-12(2)11-22-14(4)19(13(3)21-22)16-7-5-15-6-8-17(10-20)18(15)9-16/h5,7,9,12,17H,6,8,10-11,20H2,1-4H3. The highest BCUT2D eigenvalue weighted by Crippen LogP contribution is 2.37. The molecular weight excluding hydrogens is 270 g/mol. The largest absolute Gasteiger partial charge is 0.330 e. The van der Waals surface area contributed by atoms with Crippen LogP contribution < -0.4 is 5.73 Å². The zero-order chi connectivity index (χ0) is 15.9. The van der Waals surface area contributed by atoms with Crippen LogP contribution in [0.3, 0.4) is 0 Å². The Balaban J connectivity index is 2.03. The van der Waals surface area contributed by atoms with Gasteiger partial charge in [-0.1, -0.05) is 32.0 Å². The summed E-state index contributed by atoms with van der Waals surface area (Å²) in [4.78, 5) is 0. The minimum absolute atomic E-state index is 0.529. The lowest BCUT2D eigenvalue weighted by Crippen LogP contribution is -2.09. The SMILES string of the molecule is Cc1nn(CC(C)C)c(C)c1-c1ccc2c(c1)C(CN)CC2. The molecule has 3 heteroatoms. The number of aryl methyl sites for hydroxylation is 2. The third-order valence-corrected chi connectivity index (χ3v) is 4.84. The molecule has 0 amide bonds. The molecule has 22 heavy (non-hydrogen) atoms. The molecule has 1 heterocycles. The van der Waals surface area contributed by atoms with Gasteiger partial charge in [0.2, 0.25) is 0 Å². The predicted molar refractivity (Wildman–Crippen MR) is 92.1 cm³/mol. The quantitative estimate of drug-likeness (QED) is 0.932. The summed E-state index contributed by atoms with van der Waals surface area (Å²) in [6, 6.07) is 6.91. The molecule has 2 aromatic rings. The van der Waals surface area contributed by atoms with Gasteiger partial charge >= 0.3 is 0 Å². The molecule has 1 unspecified atom stereocenters. The van der Waals surface area contributed by atoms with Gasteiger partial charge in [-0.3, -0.25) is 4.68 Å². The van der Waals surface area contributed by atoms with Crippen LogP contribution in [-0.4, -0.2) is 16.3 Å². The van der Waals surface area contributed by atoms with E-state index in [0.717, 1.165) is 18.8 Å². The first-order valence-corrected chi connectivity index (χ1v) is 8.38. The number of benzene rings is 1. The molecule has 3 rings (SSSR count). The maximum atomic E-state index is 5.94. The molecule has 1 atom stereocenters. The van der Waals surface area contributed by atoms with Crippen LogP contribution in [0.1, 0.15) is 48.7 Å². The summed E-state index contributed by atoms with van der Waals surface area (Å²) < 4.78 is 2.16. The highest BCUT2D eigenvalue weighted by Gasteiger charge is 2.23. The number of hydrogen-bond acceptors (Lipinski definition) is 2. The van der Waals surface area contributed by atoms with Crippen molar-refractivity contribution in [2.24, 2.45) is 11.7 Å². The second-order valence-electron chi connectivity index (χ2n) is 7.01. The van der Waals surface area contributed by atoms with Gasteiger partial charge in [0, 0.05) is 17.8 Å². The zero-order valence-electron chi connectivity index (χ0n) is 14.2. The van der Waals surface area contributed by atoms with Crippen LogP contribution in [0.4, 0.5) is 0 Å². The predicted octanol–water partition coefficient (Wildman–Crippen LogP) is 3.81. The van der Waals surface area contributed by atoms with E-state index in [1.165, 1.54) is 40.8 Å². The number of aromatic nitrogens is 2. The fourth-order valence-corrected chi connectivity index (χ4v) is 3.73. The Morgan fingerprint density at radius 1 is 1.32 bits per heavy atom. The molecule has 2 N–H and O–H groups in total. The number of nitrogens with two attached hydrogens (primary N) is 1. The van der Waals surface area contributed by atoms with Gasteiger partial charge in [-0.2, -0.15) is 5.10 Å². The lowest BCUT2D eigenvalue weighted by atomic mass is 9.95. The highest BCUT2D eigenvalue weighted by molar-refractivity contribution is 5.70. The molecule has 1 aromatic heterocycles. The molecule has 0 saturated carbocycles. The van der Waals surface area contributed by atoms with Crippen molar-refractivity contribution in [3.05, 3.63) is 40.7 Å². The summed E-state index contributed by atoms with van der Waals surface area (Å²) in [6.07, 6.45) is 2.36. The van der Waals surface area contributed by atoms with E-state index in [2.05, 4.69) is 50.6 Å². The van der Waals surface area contributed by atoms with Gasteiger partial charge in [-0.05, 0) is 61.8 Å². The Labute approximate surface area is 133 Å². The minimum Gasteiger partial charge on any atom is -0.330 e. The van der Waals surface area contributed by atoms with Crippen LogP contribution in [0.2, 0.25) is 0 Å². The first-order valence-electron chi connectivity index (χ1n) is 8.38. The van der Waals surface area contributed by atoms with Crippen molar-refractivity contribution >= 4 is 0 Å². The van der Waals surface area contributed by atoms with E-state index in [4.69, 9.17) is 10.8 Å². The van der Waals surface area contributed by atoms with Crippen molar-refractivity contribution < 1.29 is 0 Å². The summed E-state index contributed by atoms with van der Waals surface area (Å²) in [5, 5.41) is 4.75.